The van der Waals surface area contributed by atoms with Crippen molar-refractivity contribution in [2.24, 2.45) is 0 Å². The summed E-state index contributed by atoms with van der Waals surface area (Å²) in [5.41, 5.74) is 1.81. The van der Waals surface area contributed by atoms with Crippen LogP contribution in [0, 0.1) is 6.92 Å². The molecular formula is C25H27N3O4S. The van der Waals surface area contributed by atoms with Crippen molar-refractivity contribution in [1.29, 1.82) is 0 Å². The minimum absolute atomic E-state index is 0.127. The molecule has 0 aliphatic rings. The second-order valence-electron chi connectivity index (χ2n) is 7.51. The van der Waals surface area contributed by atoms with Crippen LogP contribution < -0.4 is 15.4 Å². The molecule has 0 aliphatic heterocycles. The van der Waals surface area contributed by atoms with Gasteiger partial charge in [0.2, 0.25) is 0 Å². The molecule has 3 aromatic carbocycles. The molecule has 3 aromatic rings. The van der Waals surface area contributed by atoms with Crippen molar-refractivity contribution in [1.82, 2.24) is 5.32 Å². The van der Waals surface area contributed by atoms with E-state index in [1.54, 1.807) is 67.6 Å². The van der Waals surface area contributed by atoms with Crippen LogP contribution in [-0.2, 0) is 10.0 Å². The van der Waals surface area contributed by atoms with Crippen LogP contribution in [0.1, 0.15) is 46.0 Å². The summed E-state index contributed by atoms with van der Waals surface area (Å²) in [6.45, 7) is 4.26. The zero-order chi connectivity index (χ0) is 23.8. The molecule has 0 heterocycles. The van der Waals surface area contributed by atoms with E-state index >= 15 is 0 Å². The summed E-state index contributed by atoms with van der Waals surface area (Å²) in [5.74, 6) is -0.706. The number of benzene rings is 3. The van der Waals surface area contributed by atoms with Gasteiger partial charge in [0.25, 0.3) is 21.8 Å². The Bertz CT molecular complexity index is 1240. The number of hydrogen-bond acceptors (Lipinski definition) is 4. The van der Waals surface area contributed by atoms with Gasteiger partial charge in [-0.15, -0.1) is 0 Å². The Hall–Kier alpha value is -3.65. The standard InChI is InChI=1S/C25H27N3O4S/c1-3-4-17-26-24(29)21-13-8-9-15-23(21)27-25(30)20-14-10-16-22(18(20)2)28-33(31,32)19-11-6-5-7-12-19/h5-16,28H,3-4,17H2,1-2H3,(H,26,29)(H,27,30). The molecule has 0 saturated carbocycles. The number of unbranched alkanes of at least 4 members (excludes halogenated alkanes) is 1. The van der Waals surface area contributed by atoms with Gasteiger partial charge in [-0.05, 0) is 55.3 Å². The lowest BCUT2D eigenvalue weighted by atomic mass is 10.1. The zero-order valence-electron chi connectivity index (χ0n) is 18.6. The number of carbonyl (C=O) groups is 2. The molecule has 3 N–H and O–H groups in total. The highest BCUT2D eigenvalue weighted by molar-refractivity contribution is 7.92. The first-order valence-electron chi connectivity index (χ1n) is 10.7. The summed E-state index contributed by atoms with van der Waals surface area (Å²) >= 11 is 0. The Morgan fingerprint density at radius 3 is 2.15 bits per heavy atom. The lowest BCUT2D eigenvalue weighted by Crippen LogP contribution is -2.26. The van der Waals surface area contributed by atoms with Crippen molar-refractivity contribution < 1.29 is 18.0 Å². The number of rotatable bonds is 9. The van der Waals surface area contributed by atoms with Gasteiger partial charge in [-0.2, -0.15) is 0 Å². The number of hydrogen-bond donors (Lipinski definition) is 3. The monoisotopic (exact) mass is 465 g/mol. The molecule has 0 spiro atoms. The highest BCUT2D eigenvalue weighted by Gasteiger charge is 2.19. The van der Waals surface area contributed by atoms with Crippen molar-refractivity contribution in [2.75, 3.05) is 16.6 Å². The maximum Gasteiger partial charge on any atom is 0.261 e. The number of amides is 2. The minimum atomic E-state index is -3.80. The number of para-hydroxylation sites is 1. The van der Waals surface area contributed by atoms with E-state index < -0.39 is 15.9 Å². The molecule has 33 heavy (non-hydrogen) atoms. The quantitative estimate of drug-likeness (QED) is 0.402. The van der Waals surface area contributed by atoms with Gasteiger partial charge in [-0.3, -0.25) is 14.3 Å². The maximum absolute atomic E-state index is 13.0. The van der Waals surface area contributed by atoms with Crippen molar-refractivity contribution in [2.45, 2.75) is 31.6 Å². The smallest absolute Gasteiger partial charge is 0.261 e. The number of sulfonamides is 1. The Balaban J connectivity index is 1.82. The van der Waals surface area contributed by atoms with Crippen LogP contribution in [0.4, 0.5) is 11.4 Å². The highest BCUT2D eigenvalue weighted by atomic mass is 32.2. The summed E-state index contributed by atoms with van der Waals surface area (Å²) in [7, 11) is -3.80. The third-order valence-corrected chi connectivity index (χ3v) is 6.49. The van der Waals surface area contributed by atoms with Crippen molar-refractivity contribution >= 4 is 33.2 Å². The number of anilines is 2. The Kier molecular flexibility index (Phi) is 7.84. The van der Waals surface area contributed by atoms with Crippen molar-refractivity contribution in [3.05, 3.63) is 89.5 Å². The van der Waals surface area contributed by atoms with Crippen LogP contribution in [0.15, 0.2) is 77.7 Å². The summed E-state index contributed by atoms with van der Waals surface area (Å²) in [4.78, 5) is 25.7. The average molecular weight is 466 g/mol. The normalized spacial score (nSPS) is 11.0. The second kappa shape index (κ2) is 10.8. The van der Waals surface area contributed by atoms with Gasteiger partial charge in [0, 0.05) is 12.1 Å². The van der Waals surface area contributed by atoms with Gasteiger partial charge in [-0.25, -0.2) is 8.42 Å². The first-order chi connectivity index (χ1) is 15.8. The minimum Gasteiger partial charge on any atom is -0.352 e. The third kappa shape index (κ3) is 5.98. The van der Waals surface area contributed by atoms with Crippen molar-refractivity contribution in [3.8, 4) is 0 Å². The molecule has 0 saturated heterocycles. The largest absolute Gasteiger partial charge is 0.352 e. The molecule has 0 atom stereocenters. The van der Waals surface area contributed by atoms with Gasteiger partial charge in [0.05, 0.1) is 21.8 Å². The molecule has 0 bridgehead atoms. The Morgan fingerprint density at radius 1 is 0.788 bits per heavy atom. The van der Waals surface area contributed by atoms with Crippen molar-refractivity contribution in [3.63, 3.8) is 0 Å². The topological polar surface area (TPSA) is 104 Å². The van der Waals surface area contributed by atoms with E-state index in [0.29, 0.717) is 34.6 Å². The molecule has 8 heteroatoms. The predicted octanol–water partition coefficient (Wildman–Crippen LogP) is 4.58. The molecule has 7 nitrogen and oxygen atoms in total. The lowest BCUT2D eigenvalue weighted by Gasteiger charge is -2.15. The van der Waals surface area contributed by atoms with Crippen LogP contribution in [0.5, 0.6) is 0 Å². The van der Waals surface area contributed by atoms with Gasteiger partial charge in [-0.1, -0.05) is 49.7 Å². The molecule has 2 amide bonds. The SMILES string of the molecule is CCCCNC(=O)c1ccccc1NC(=O)c1cccc(NS(=O)(=O)c2ccccc2)c1C. The van der Waals surface area contributed by atoms with Crippen LogP contribution >= 0.6 is 0 Å². The van der Waals surface area contributed by atoms with Crippen LogP contribution in [0.2, 0.25) is 0 Å². The van der Waals surface area contributed by atoms with E-state index in [-0.39, 0.29) is 10.8 Å². The highest BCUT2D eigenvalue weighted by Crippen LogP contribution is 2.24. The fourth-order valence-corrected chi connectivity index (χ4v) is 4.39. The van der Waals surface area contributed by atoms with Gasteiger partial charge in [0.15, 0.2) is 0 Å². The van der Waals surface area contributed by atoms with Gasteiger partial charge < -0.3 is 10.6 Å². The van der Waals surface area contributed by atoms with Crippen LogP contribution in [0.25, 0.3) is 0 Å². The molecule has 172 valence electrons. The van der Waals surface area contributed by atoms with E-state index in [9.17, 15) is 18.0 Å². The second-order valence-corrected chi connectivity index (χ2v) is 9.19. The first kappa shape index (κ1) is 24.0. The molecular weight excluding hydrogens is 438 g/mol. The number of carbonyl (C=O) groups excluding carboxylic acids is 2. The predicted molar refractivity (Wildman–Crippen MR) is 130 cm³/mol. The Labute approximate surface area is 194 Å². The third-order valence-electron chi connectivity index (χ3n) is 5.11. The summed E-state index contributed by atoms with van der Waals surface area (Å²) in [6, 6.07) is 19.6. The van der Waals surface area contributed by atoms with Gasteiger partial charge in [0.1, 0.15) is 0 Å². The molecule has 0 aliphatic carbocycles. The molecule has 0 unspecified atom stereocenters. The van der Waals surface area contributed by atoms with E-state index in [4.69, 9.17) is 0 Å². The molecule has 0 radical (unpaired) electrons. The lowest BCUT2D eigenvalue weighted by molar-refractivity contribution is 0.0954. The van der Waals surface area contributed by atoms with Crippen LogP contribution in [0.3, 0.4) is 0 Å². The Morgan fingerprint density at radius 2 is 1.42 bits per heavy atom. The summed E-state index contributed by atoms with van der Waals surface area (Å²) in [5, 5.41) is 5.63. The fourth-order valence-electron chi connectivity index (χ4n) is 3.25. The summed E-state index contributed by atoms with van der Waals surface area (Å²) in [6.07, 6.45) is 1.83. The van der Waals surface area contributed by atoms with Crippen LogP contribution in [-0.4, -0.2) is 26.8 Å². The summed E-state index contributed by atoms with van der Waals surface area (Å²) < 4.78 is 27.9. The maximum atomic E-state index is 13.0. The van der Waals surface area contributed by atoms with Gasteiger partial charge >= 0.3 is 0 Å². The van der Waals surface area contributed by atoms with E-state index in [1.165, 1.54) is 12.1 Å². The van der Waals surface area contributed by atoms with E-state index in [0.717, 1.165) is 12.8 Å². The molecule has 0 aromatic heterocycles. The molecule has 0 fully saturated rings. The fraction of sp³-hybridized carbons (Fsp3) is 0.200. The molecule has 3 rings (SSSR count). The zero-order valence-corrected chi connectivity index (χ0v) is 19.4. The number of nitrogens with one attached hydrogen (secondary N) is 3. The first-order valence-corrected chi connectivity index (χ1v) is 12.2. The van der Waals surface area contributed by atoms with E-state index in [1.807, 2.05) is 6.92 Å². The average Bonchev–Trinajstić information content (AvgIpc) is 2.81. The van der Waals surface area contributed by atoms with E-state index in [2.05, 4.69) is 15.4 Å².